The van der Waals surface area contributed by atoms with Crippen molar-refractivity contribution >= 4 is 17.5 Å². The van der Waals surface area contributed by atoms with Crippen LogP contribution in [0.5, 0.6) is 0 Å². The molecule has 0 aliphatic heterocycles. The normalized spacial score (nSPS) is 21.2. The predicted molar refractivity (Wildman–Crippen MR) is 87.7 cm³/mol. The van der Waals surface area contributed by atoms with E-state index in [4.69, 9.17) is 5.73 Å². The average molecular weight is 303 g/mol. The molecule has 1 aromatic rings. The Hall–Kier alpha value is -1.88. The van der Waals surface area contributed by atoms with E-state index in [1.807, 2.05) is 13.0 Å². The summed E-state index contributed by atoms with van der Waals surface area (Å²) in [4.78, 5) is 23.9. The number of nitrogens with two attached hydrogens (primary N) is 1. The van der Waals surface area contributed by atoms with Gasteiger partial charge in [-0.05, 0) is 43.4 Å². The molecule has 120 valence electrons. The first kappa shape index (κ1) is 16.5. The van der Waals surface area contributed by atoms with Crippen LogP contribution in [0, 0.1) is 12.8 Å². The molecular weight excluding hydrogens is 278 g/mol. The molecule has 5 heteroatoms. The van der Waals surface area contributed by atoms with Crippen LogP contribution < -0.4 is 16.4 Å². The molecule has 4 N–H and O–H groups in total. The summed E-state index contributed by atoms with van der Waals surface area (Å²) >= 11 is 0. The number of carbonyl (C=O) groups excluding carboxylic acids is 2. The molecule has 1 aromatic carbocycles. The molecule has 1 saturated carbocycles. The number of aryl methyl sites for hydroxylation is 1. The lowest BCUT2D eigenvalue weighted by Gasteiger charge is -2.28. The van der Waals surface area contributed by atoms with E-state index in [1.165, 1.54) is 0 Å². The van der Waals surface area contributed by atoms with E-state index in [0.29, 0.717) is 17.7 Å². The second kappa shape index (κ2) is 7.40. The lowest BCUT2D eigenvalue weighted by Crippen LogP contribution is -2.35. The lowest BCUT2D eigenvalue weighted by atomic mass is 9.83. The molecule has 0 saturated heterocycles. The Morgan fingerprint density at radius 1 is 1.27 bits per heavy atom. The molecule has 5 nitrogen and oxygen atoms in total. The summed E-state index contributed by atoms with van der Waals surface area (Å²) in [5.74, 6) is 0.0699. The molecule has 1 fully saturated rings. The monoisotopic (exact) mass is 303 g/mol. The first-order valence-corrected chi connectivity index (χ1v) is 7.89. The van der Waals surface area contributed by atoms with Crippen LogP contribution in [0.15, 0.2) is 18.2 Å². The van der Waals surface area contributed by atoms with Crippen molar-refractivity contribution in [1.82, 2.24) is 5.32 Å². The van der Waals surface area contributed by atoms with Crippen molar-refractivity contribution in [3.05, 3.63) is 29.3 Å². The molecule has 2 rings (SSSR count). The van der Waals surface area contributed by atoms with Crippen molar-refractivity contribution in [3.63, 3.8) is 0 Å². The van der Waals surface area contributed by atoms with Crippen LogP contribution in [0.3, 0.4) is 0 Å². The summed E-state index contributed by atoms with van der Waals surface area (Å²) in [6.07, 6.45) is 4.78. The number of carbonyl (C=O) groups is 2. The third kappa shape index (κ3) is 4.07. The number of benzene rings is 1. The quantitative estimate of drug-likeness (QED) is 0.797. The van der Waals surface area contributed by atoms with E-state index in [2.05, 4.69) is 10.6 Å². The van der Waals surface area contributed by atoms with E-state index in [9.17, 15) is 9.59 Å². The molecule has 1 aliphatic carbocycles. The summed E-state index contributed by atoms with van der Waals surface area (Å²) in [7, 11) is 1.59. The number of amides is 2. The first-order chi connectivity index (χ1) is 10.5. The first-order valence-electron chi connectivity index (χ1n) is 7.89. The predicted octanol–water partition coefficient (Wildman–Crippen LogP) is 2.20. The summed E-state index contributed by atoms with van der Waals surface area (Å²) in [6, 6.07) is 5.43. The van der Waals surface area contributed by atoms with Crippen molar-refractivity contribution in [3.8, 4) is 0 Å². The zero-order chi connectivity index (χ0) is 16.1. The van der Waals surface area contributed by atoms with Crippen LogP contribution in [-0.4, -0.2) is 24.9 Å². The lowest BCUT2D eigenvalue weighted by molar-refractivity contribution is -0.117. The molecule has 0 bridgehead atoms. The zero-order valence-electron chi connectivity index (χ0n) is 13.3. The highest BCUT2D eigenvalue weighted by atomic mass is 16.2. The Morgan fingerprint density at radius 3 is 2.68 bits per heavy atom. The Morgan fingerprint density at radius 2 is 2.00 bits per heavy atom. The molecule has 2 atom stereocenters. The van der Waals surface area contributed by atoms with Gasteiger partial charge in [0.05, 0.1) is 0 Å². The fourth-order valence-electron chi connectivity index (χ4n) is 2.97. The molecular formula is C17H25N3O2. The van der Waals surface area contributed by atoms with Gasteiger partial charge in [-0.25, -0.2) is 0 Å². The van der Waals surface area contributed by atoms with Gasteiger partial charge < -0.3 is 16.4 Å². The van der Waals surface area contributed by atoms with Crippen LogP contribution in [0.1, 0.15) is 48.0 Å². The molecule has 0 spiro atoms. The molecule has 0 aromatic heterocycles. The highest BCUT2D eigenvalue weighted by molar-refractivity contribution is 5.97. The van der Waals surface area contributed by atoms with Crippen molar-refractivity contribution in [2.75, 3.05) is 12.4 Å². The standard InChI is InChI=1S/C17H25N3O2/c1-11-7-8-13(17(22)19-2)9-15(11)20-16(21)10-12-5-3-4-6-14(12)18/h7-9,12,14H,3-6,10,18H2,1-2H3,(H,19,22)(H,20,21). The zero-order valence-corrected chi connectivity index (χ0v) is 13.3. The van der Waals surface area contributed by atoms with Gasteiger partial charge >= 0.3 is 0 Å². The number of anilines is 1. The van der Waals surface area contributed by atoms with E-state index < -0.39 is 0 Å². The Balaban J connectivity index is 2.03. The van der Waals surface area contributed by atoms with Crippen LogP contribution in [0.4, 0.5) is 5.69 Å². The summed E-state index contributed by atoms with van der Waals surface area (Å²) in [6.45, 7) is 1.91. The second-order valence-corrected chi connectivity index (χ2v) is 6.07. The van der Waals surface area contributed by atoms with Crippen LogP contribution in [0.25, 0.3) is 0 Å². The summed E-state index contributed by atoms with van der Waals surface area (Å²) in [5.41, 5.74) is 8.27. The fraction of sp³-hybridized carbons (Fsp3) is 0.529. The smallest absolute Gasteiger partial charge is 0.251 e. The van der Waals surface area contributed by atoms with Crippen LogP contribution >= 0.6 is 0 Å². The average Bonchev–Trinajstić information content (AvgIpc) is 2.51. The number of hydrogen-bond donors (Lipinski definition) is 3. The molecule has 2 amide bonds. The fourth-order valence-corrected chi connectivity index (χ4v) is 2.97. The van der Waals surface area contributed by atoms with E-state index in [0.717, 1.165) is 31.2 Å². The van der Waals surface area contributed by atoms with E-state index >= 15 is 0 Å². The van der Waals surface area contributed by atoms with E-state index in [1.54, 1.807) is 19.2 Å². The van der Waals surface area contributed by atoms with Gasteiger partial charge in [0.2, 0.25) is 5.91 Å². The topological polar surface area (TPSA) is 84.2 Å². The highest BCUT2D eigenvalue weighted by Gasteiger charge is 2.24. The van der Waals surface area contributed by atoms with Gasteiger partial charge in [-0.3, -0.25) is 9.59 Å². The largest absolute Gasteiger partial charge is 0.355 e. The summed E-state index contributed by atoms with van der Waals surface area (Å²) < 4.78 is 0. The Bertz CT molecular complexity index is 557. The number of rotatable bonds is 4. The van der Waals surface area contributed by atoms with Gasteiger partial charge in [-0.2, -0.15) is 0 Å². The van der Waals surface area contributed by atoms with Gasteiger partial charge in [-0.1, -0.05) is 18.9 Å². The summed E-state index contributed by atoms with van der Waals surface area (Å²) in [5, 5.41) is 5.51. The molecule has 22 heavy (non-hydrogen) atoms. The maximum atomic E-state index is 12.3. The van der Waals surface area contributed by atoms with Gasteiger partial charge in [0.1, 0.15) is 0 Å². The van der Waals surface area contributed by atoms with Gasteiger partial charge in [0, 0.05) is 30.8 Å². The molecule has 2 unspecified atom stereocenters. The van der Waals surface area contributed by atoms with Gasteiger partial charge in [-0.15, -0.1) is 0 Å². The van der Waals surface area contributed by atoms with Crippen molar-refractivity contribution in [2.45, 2.75) is 45.1 Å². The minimum Gasteiger partial charge on any atom is -0.355 e. The maximum absolute atomic E-state index is 12.3. The van der Waals surface area contributed by atoms with Crippen molar-refractivity contribution < 1.29 is 9.59 Å². The third-order valence-electron chi connectivity index (χ3n) is 4.42. The van der Waals surface area contributed by atoms with Crippen LogP contribution in [0.2, 0.25) is 0 Å². The second-order valence-electron chi connectivity index (χ2n) is 6.07. The maximum Gasteiger partial charge on any atom is 0.251 e. The van der Waals surface area contributed by atoms with Crippen molar-refractivity contribution in [2.24, 2.45) is 11.7 Å². The number of hydrogen-bond acceptors (Lipinski definition) is 3. The minimum absolute atomic E-state index is 0.0282. The van der Waals surface area contributed by atoms with E-state index in [-0.39, 0.29) is 23.8 Å². The molecule has 0 radical (unpaired) electrons. The van der Waals surface area contributed by atoms with Crippen molar-refractivity contribution in [1.29, 1.82) is 0 Å². The van der Waals surface area contributed by atoms with Gasteiger partial charge in [0.15, 0.2) is 0 Å². The minimum atomic E-state index is -0.162. The van der Waals surface area contributed by atoms with Crippen LogP contribution in [-0.2, 0) is 4.79 Å². The molecule has 0 heterocycles. The Kier molecular flexibility index (Phi) is 5.55. The third-order valence-corrected chi connectivity index (χ3v) is 4.42. The number of nitrogens with one attached hydrogen (secondary N) is 2. The Labute approximate surface area is 131 Å². The highest BCUT2D eigenvalue weighted by Crippen LogP contribution is 2.26. The SMILES string of the molecule is CNC(=O)c1ccc(C)c(NC(=O)CC2CCCCC2N)c1. The van der Waals surface area contributed by atoms with Gasteiger partial charge in [0.25, 0.3) is 5.91 Å². The molecule has 1 aliphatic rings.